The number of aryl methyl sites for hydroxylation is 2. The molecule has 1 aromatic rings. The van der Waals surface area contributed by atoms with Crippen molar-refractivity contribution < 1.29 is 28.0 Å². The molecule has 0 fully saturated rings. The summed E-state index contributed by atoms with van der Waals surface area (Å²) in [5, 5.41) is 25.4. The third kappa shape index (κ3) is 4.77. The molecule has 0 atom stereocenters. The zero-order valence-electron chi connectivity index (χ0n) is 12.3. The smallest absolute Gasteiger partial charge is 0.475 e. The van der Waals surface area contributed by atoms with Crippen LogP contribution in [0.5, 0.6) is 0 Å². The summed E-state index contributed by atoms with van der Waals surface area (Å²) in [6.07, 6.45) is -2.28. The topological polar surface area (TPSA) is 110 Å². The summed E-state index contributed by atoms with van der Waals surface area (Å²) in [5.74, 6) is -2.76. The first kappa shape index (κ1) is 18.6. The number of carboxylic acids is 1. The van der Waals surface area contributed by atoms with Crippen molar-refractivity contribution in [2.45, 2.75) is 19.5 Å². The average molecular weight is 336 g/mol. The first-order chi connectivity index (χ1) is 10.6. The summed E-state index contributed by atoms with van der Waals surface area (Å²) < 4.78 is 33.3. The molecule has 11 heteroatoms. The zero-order valence-corrected chi connectivity index (χ0v) is 12.3. The van der Waals surface area contributed by atoms with E-state index < -0.39 is 12.1 Å². The van der Waals surface area contributed by atoms with Gasteiger partial charge in [0.2, 0.25) is 0 Å². The minimum absolute atomic E-state index is 0.135. The van der Waals surface area contributed by atoms with Gasteiger partial charge in [-0.3, -0.25) is 14.8 Å². The molecule has 0 aromatic carbocycles. The van der Waals surface area contributed by atoms with Crippen molar-refractivity contribution in [3.8, 4) is 0 Å². The van der Waals surface area contributed by atoms with E-state index in [4.69, 9.17) is 9.90 Å². The standard InChI is InChI=1S/C10H14N4O2.C2HF3O2/c1-7-9(14(15)16)10(13(2)12-7)8-3-5-11-6-4-8;3-2(4,5)1(6)7/h3,11H,4-6H2,1-2H3;(H,6,7). The molecule has 2 N–H and O–H groups in total. The van der Waals surface area contributed by atoms with Crippen LogP contribution in [0.4, 0.5) is 18.9 Å². The summed E-state index contributed by atoms with van der Waals surface area (Å²) in [5.41, 5.74) is 2.26. The van der Waals surface area contributed by atoms with E-state index in [1.165, 1.54) is 0 Å². The van der Waals surface area contributed by atoms with E-state index in [9.17, 15) is 23.3 Å². The van der Waals surface area contributed by atoms with Crippen LogP contribution in [-0.2, 0) is 11.8 Å². The van der Waals surface area contributed by atoms with Crippen molar-refractivity contribution >= 4 is 17.2 Å². The van der Waals surface area contributed by atoms with Crippen LogP contribution in [0.1, 0.15) is 17.8 Å². The maximum absolute atomic E-state index is 11.0. The number of alkyl halides is 3. The number of hydrogen-bond donors (Lipinski definition) is 2. The first-order valence-electron chi connectivity index (χ1n) is 6.44. The van der Waals surface area contributed by atoms with Gasteiger partial charge in [-0.2, -0.15) is 18.3 Å². The number of carboxylic acid groups (broad SMARTS) is 1. The van der Waals surface area contributed by atoms with Crippen LogP contribution in [-0.4, -0.2) is 45.0 Å². The van der Waals surface area contributed by atoms with E-state index >= 15 is 0 Å². The Morgan fingerprint density at radius 2 is 2.09 bits per heavy atom. The largest absolute Gasteiger partial charge is 0.490 e. The predicted octanol–water partition coefficient (Wildman–Crippen LogP) is 1.65. The number of hydrogen-bond acceptors (Lipinski definition) is 5. The number of aliphatic carboxylic acids is 1. The molecule has 1 aliphatic heterocycles. The highest BCUT2D eigenvalue weighted by Crippen LogP contribution is 2.30. The second kappa shape index (κ2) is 7.22. The molecule has 1 aromatic heterocycles. The van der Waals surface area contributed by atoms with Gasteiger partial charge in [-0.05, 0) is 25.5 Å². The van der Waals surface area contributed by atoms with Crippen molar-refractivity contribution in [3.63, 3.8) is 0 Å². The minimum atomic E-state index is -5.08. The van der Waals surface area contributed by atoms with E-state index in [0.29, 0.717) is 11.4 Å². The van der Waals surface area contributed by atoms with Gasteiger partial charge in [0, 0.05) is 13.6 Å². The van der Waals surface area contributed by atoms with Crippen molar-refractivity contribution in [1.29, 1.82) is 0 Å². The molecule has 1 aliphatic rings. The molecule has 0 radical (unpaired) electrons. The van der Waals surface area contributed by atoms with E-state index in [1.807, 2.05) is 6.08 Å². The summed E-state index contributed by atoms with van der Waals surface area (Å²) in [6, 6.07) is 0. The van der Waals surface area contributed by atoms with Gasteiger partial charge in [-0.25, -0.2) is 4.79 Å². The van der Waals surface area contributed by atoms with Crippen molar-refractivity contribution in [1.82, 2.24) is 15.1 Å². The average Bonchev–Trinajstić information content (AvgIpc) is 2.74. The highest BCUT2D eigenvalue weighted by atomic mass is 19.4. The second-order valence-corrected chi connectivity index (χ2v) is 4.65. The maximum atomic E-state index is 11.0. The number of nitrogens with one attached hydrogen (secondary N) is 1. The zero-order chi connectivity index (χ0) is 17.8. The number of rotatable bonds is 2. The van der Waals surface area contributed by atoms with E-state index in [0.717, 1.165) is 25.1 Å². The lowest BCUT2D eigenvalue weighted by atomic mass is 10.0. The van der Waals surface area contributed by atoms with Gasteiger partial charge in [-0.15, -0.1) is 0 Å². The van der Waals surface area contributed by atoms with Crippen LogP contribution in [0.3, 0.4) is 0 Å². The maximum Gasteiger partial charge on any atom is 0.490 e. The molecule has 0 spiro atoms. The Morgan fingerprint density at radius 3 is 2.48 bits per heavy atom. The molecular formula is C12H15F3N4O4. The quantitative estimate of drug-likeness (QED) is 0.627. The molecule has 2 heterocycles. The molecule has 8 nitrogen and oxygen atoms in total. The highest BCUT2D eigenvalue weighted by molar-refractivity contribution is 5.73. The monoisotopic (exact) mass is 336 g/mol. The van der Waals surface area contributed by atoms with Crippen molar-refractivity contribution in [2.75, 3.05) is 13.1 Å². The Kier molecular flexibility index (Phi) is 5.85. The number of carbonyl (C=O) groups is 1. The second-order valence-electron chi connectivity index (χ2n) is 4.65. The Hall–Kier alpha value is -2.43. The van der Waals surface area contributed by atoms with E-state index in [-0.39, 0.29) is 10.6 Å². The third-order valence-corrected chi connectivity index (χ3v) is 2.98. The fourth-order valence-electron chi connectivity index (χ4n) is 2.06. The summed E-state index contributed by atoms with van der Waals surface area (Å²) >= 11 is 0. The number of nitro groups is 1. The number of halogens is 3. The molecule has 0 bridgehead atoms. The van der Waals surface area contributed by atoms with Gasteiger partial charge in [-0.1, -0.05) is 6.08 Å². The fraction of sp³-hybridized carbons (Fsp3) is 0.500. The molecule has 2 rings (SSSR count). The lowest BCUT2D eigenvalue weighted by molar-refractivity contribution is -0.385. The Morgan fingerprint density at radius 1 is 1.52 bits per heavy atom. The molecule has 23 heavy (non-hydrogen) atoms. The molecule has 0 saturated heterocycles. The van der Waals surface area contributed by atoms with E-state index in [2.05, 4.69) is 10.4 Å². The lowest BCUT2D eigenvalue weighted by Crippen LogP contribution is -2.21. The highest BCUT2D eigenvalue weighted by Gasteiger charge is 2.38. The lowest BCUT2D eigenvalue weighted by Gasteiger charge is -2.13. The number of nitrogens with zero attached hydrogens (tertiary/aromatic N) is 3. The molecule has 128 valence electrons. The Bertz CT molecular complexity index is 637. The van der Waals surface area contributed by atoms with Crippen LogP contribution < -0.4 is 5.32 Å². The van der Waals surface area contributed by atoms with E-state index in [1.54, 1.807) is 18.7 Å². The molecular weight excluding hydrogens is 321 g/mol. The van der Waals surface area contributed by atoms with Crippen LogP contribution in [0.15, 0.2) is 6.08 Å². The van der Waals surface area contributed by atoms with Crippen molar-refractivity contribution in [3.05, 3.63) is 27.6 Å². The Labute approximate surface area is 128 Å². The van der Waals surface area contributed by atoms with Crippen LogP contribution in [0.2, 0.25) is 0 Å². The normalized spacial score (nSPS) is 14.6. The first-order valence-corrected chi connectivity index (χ1v) is 6.44. The van der Waals surface area contributed by atoms with Gasteiger partial charge in [0.05, 0.1) is 4.92 Å². The molecule has 0 aliphatic carbocycles. The summed E-state index contributed by atoms with van der Waals surface area (Å²) in [7, 11) is 1.75. The van der Waals surface area contributed by atoms with Crippen LogP contribution >= 0.6 is 0 Å². The summed E-state index contributed by atoms with van der Waals surface area (Å²) in [6.45, 7) is 3.28. The predicted molar refractivity (Wildman–Crippen MR) is 73.8 cm³/mol. The molecule has 0 unspecified atom stereocenters. The van der Waals surface area contributed by atoms with Gasteiger partial charge >= 0.3 is 17.8 Å². The number of aromatic nitrogens is 2. The van der Waals surface area contributed by atoms with Gasteiger partial charge in [0.25, 0.3) is 0 Å². The SMILES string of the molecule is Cc1nn(C)c(C2=CCNCC2)c1[N+](=O)[O-].O=C(O)C(F)(F)F. The van der Waals surface area contributed by atoms with Gasteiger partial charge in [0.1, 0.15) is 11.4 Å². The van der Waals surface area contributed by atoms with Crippen LogP contribution in [0.25, 0.3) is 5.57 Å². The third-order valence-electron chi connectivity index (χ3n) is 2.98. The van der Waals surface area contributed by atoms with Crippen LogP contribution in [0, 0.1) is 17.0 Å². The minimum Gasteiger partial charge on any atom is -0.475 e. The fourth-order valence-corrected chi connectivity index (χ4v) is 2.06. The van der Waals surface area contributed by atoms with Gasteiger partial charge in [0.15, 0.2) is 0 Å². The molecule has 0 amide bonds. The summed E-state index contributed by atoms with van der Waals surface area (Å²) in [4.78, 5) is 19.6. The van der Waals surface area contributed by atoms with Crippen molar-refractivity contribution in [2.24, 2.45) is 7.05 Å². The Balaban J connectivity index is 0.000000322. The molecule has 0 saturated carbocycles. The van der Waals surface area contributed by atoms with Gasteiger partial charge < -0.3 is 10.4 Å².